The van der Waals surface area contributed by atoms with Crippen molar-refractivity contribution in [2.45, 2.75) is 26.4 Å². The lowest BCUT2D eigenvalue weighted by atomic mass is 10.1. The Kier molecular flexibility index (Phi) is 3.35. The molecule has 0 N–H and O–H groups in total. The quantitative estimate of drug-likeness (QED) is 0.819. The lowest BCUT2D eigenvalue weighted by Crippen LogP contribution is -2.32. The number of hydrogen-bond acceptors (Lipinski definition) is 7. The van der Waals surface area contributed by atoms with Crippen LogP contribution in [0.4, 0.5) is 5.82 Å². The maximum Gasteiger partial charge on any atom is 0.223 e. The number of rotatable bonds is 3. The molecular weight excluding hydrogens is 256 g/mol. The van der Waals surface area contributed by atoms with E-state index >= 15 is 0 Å². The second-order valence-electron chi connectivity index (χ2n) is 5.21. The first-order chi connectivity index (χ1) is 9.63. The minimum atomic E-state index is 0.606. The molecule has 0 saturated carbocycles. The molecule has 0 spiro atoms. The summed E-state index contributed by atoms with van der Waals surface area (Å²) >= 11 is 0. The molecule has 7 nitrogen and oxygen atoms in total. The molecule has 1 aliphatic rings. The topological polar surface area (TPSA) is 71.2 Å². The minimum Gasteiger partial charge on any atom is -0.362 e. The van der Waals surface area contributed by atoms with E-state index in [-0.39, 0.29) is 0 Å². The van der Waals surface area contributed by atoms with Gasteiger partial charge in [0.05, 0.1) is 12.2 Å². The molecule has 20 heavy (non-hydrogen) atoms. The van der Waals surface area contributed by atoms with Crippen LogP contribution in [0.3, 0.4) is 0 Å². The molecule has 0 fully saturated rings. The maximum absolute atomic E-state index is 5.02. The molecule has 7 heteroatoms. The molecule has 0 radical (unpaired) electrons. The van der Waals surface area contributed by atoms with Crippen molar-refractivity contribution < 1.29 is 4.52 Å². The van der Waals surface area contributed by atoms with Crippen molar-refractivity contribution in [1.29, 1.82) is 0 Å². The van der Waals surface area contributed by atoms with Gasteiger partial charge in [-0.05, 0) is 0 Å². The Morgan fingerprint density at radius 3 is 2.90 bits per heavy atom. The van der Waals surface area contributed by atoms with Gasteiger partial charge in [0.2, 0.25) is 5.89 Å². The molecule has 3 heterocycles. The van der Waals surface area contributed by atoms with Crippen LogP contribution in [-0.2, 0) is 19.5 Å². The summed E-state index contributed by atoms with van der Waals surface area (Å²) in [6.45, 7) is 4.26. The first-order valence-corrected chi connectivity index (χ1v) is 6.65. The highest BCUT2D eigenvalue weighted by molar-refractivity contribution is 5.48. The van der Waals surface area contributed by atoms with E-state index in [0.717, 1.165) is 36.8 Å². The highest BCUT2D eigenvalue weighted by atomic mass is 16.5. The van der Waals surface area contributed by atoms with Crippen LogP contribution in [0.2, 0.25) is 0 Å². The summed E-state index contributed by atoms with van der Waals surface area (Å²) in [5.41, 5.74) is 2.34. The number of aromatic nitrogens is 4. The third kappa shape index (κ3) is 2.49. The van der Waals surface area contributed by atoms with E-state index in [4.69, 9.17) is 4.52 Å². The van der Waals surface area contributed by atoms with Crippen LogP contribution in [0, 0.1) is 6.92 Å². The molecule has 0 amide bonds. The van der Waals surface area contributed by atoms with Crippen LogP contribution in [0.1, 0.15) is 23.0 Å². The van der Waals surface area contributed by atoms with Gasteiger partial charge in [-0.1, -0.05) is 5.16 Å². The molecule has 0 unspecified atom stereocenters. The highest BCUT2D eigenvalue weighted by Gasteiger charge is 2.22. The monoisotopic (exact) mass is 274 g/mol. The molecule has 1 aliphatic heterocycles. The summed E-state index contributed by atoms with van der Waals surface area (Å²) in [6.07, 6.45) is 2.57. The van der Waals surface area contributed by atoms with Crippen molar-refractivity contribution in [1.82, 2.24) is 25.0 Å². The molecule has 0 aromatic carbocycles. The second kappa shape index (κ2) is 5.16. The van der Waals surface area contributed by atoms with Crippen LogP contribution >= 0.6 is 0 Å². The zero-order valence-corrected chi connectivity index (χ0v) is 12.0. The predicted molar refractivity (Wildman–Crippen MR) is 73.2 cm³/mol. The zero-order chi connectivity index (χ0) is 14.1. The zero-order valence-electron chi connectivity index (χ0n) is 12.0. The fourth-order valence-corrected chi connectivity index (χ4v) is 2.51. The Hall–Kier alpha value is -2.02. The molecule has 0 bridgehead atoms. The van der Waals surface area contributed by atoms with E-state index in [0.29, 0.717) is 12.4 Å². The van der Waals surface area contributed by atoms with Gasteiger partial charge in [-0.25, -0.2) is 9.97 Å². The number of aryl methyl sites for hydroxylation is 1. The van der Waals surface area contributed by atoms with Crippen molar-refractivity contribution in [3.05, 3.63) is 29.3 Å². The van der Waals surface area contributed by atoms with E-state index in [2.05, 4.69) is 25.0 Å². The van der Waals surface area contributed by atoms with E-state index < -0.39 is 0 Å². The fourth-order valence-electron chi connectivity index (χ4n) is 2.51. The minimum absolute atomic E-state index is 0.606. The molecular formula is C13H18N6O. The van der Waals surface area contributed by atoms with Crippen molar-refractivity contribution in [3.63, 3.8) is 0 Å². The first-order valence-electron chi connectivity index (χ1n) is 6.65. The summed E-state index contributed by atoms with van der Waals surface area (Å²) in [6, 6.07) is 0. The van der Waals surface area contributed by atoms with E-state index in [1.807, 2.05) is 19.0 Å². The van der Waals surface area contributed by atoms with Gasteiger partial charge in [0, 0.05) is 46.1 Å². The number of fused-ring (bicyclic) bond motifs is 1. The van der Waals surface area contributed by atoms with Gasteiger partial charge in [0.25, 0.3) is 0 Å². The number of nitrogens with zero attached hydrogens (tertiary/aromatic N) is 6. The van der Waals surface area contributed by atoms with Crippen LogP contribution < -0.4 is 4.90 Å². The normalized spacial score (nSPS) is 15.2. The molecule has 0 saturated heterocycles. The van der Waals surface area contributed by atoms with Crippen LogP contribution in [0.15, 0.2) is 10.9 Å². The third-order valence-electron chi connectivity index (χ3n) is 3.42. The first kappa shape index (κ1) is 13.0. The van der Waals surface area contributed by atoms with Crippen LogP contribution in [0.5, 0.6) is 0 Å². The van der Waals surface area contributed by atoms with Crippen molar-refractivity contribution in [3.8, 4) is 0 Å². The summed E-state index contributed by atoms with van der Waals surface area (Å²) in [4.78, 5) is 17.4. The molecule has 106 valence electrons. The smallest absolute Gasteiger partial charge is 0.223 e. The number of anilines is 1. The summed E-state index contributed by atoms with van der Waals surface area (Å²) < 4.78 is 5.02. The molecule has 2 aromatic heterocycles. The van der Waals surface area contributed by atoms with Crippen molar-refractivity contribution in [2.75, 3.05) is 25.5 Å². The van der Waals surface area contributed by atoms with Crippen molar-refractivity contribution >= 4 is 5.82 Å². The van der Waals surface area contributed by atoms with Gasteiger partial charge in [0.15, 0.2) is 5.82 Å². The molecule has 3 rings (SSSR count). The standard InChI is InChI=1S/C13H18N6O/c1-9-16-12(17-20-9)7-19-5-4-11-10(6-19)13(18(2)3)15-8-14-11/h8H,4-7H2,1-3H3. The van der Waals surface area contributed by atoms with Crippen LogP contribution in [-0.4, -0.2) is 45.6 Å². The maximum atomic E-state index is 5.02. The molecule has 0 aliphatic carbocycles. The third-order valence-corrected chi connectivity index (χ3v) is 3.42. The Bertz CT molecular complexity index is 609. The predicted octanol–water partition coefficient (Wildman–Crippen LogP) is 0.792. The van der Waals surface area contributed by atoms with E-state index in [9.17, 15) is 0 Å². The van der Waals surface area contributed by atoms with Gasteiger partial charge < -0.3 is 9.42 Å². The summed E-state index contributed by atoms with van der Waals surface area (Å²) in [7, 11) is 4.01. The highest BCUT2D eigenvalue weighted by Crippen LogP contribution is 2.24. The lowest BCUT2D eigenvalue weighted by molar-refractivity contribution is 0.233. The Morgan fingerprint density at radius 2 is 2.20 bits per heavy atom. The Labute approximate surface area is 117 Å². The van der Waals surface area contributed by atoms with Crippen LogP contribution in [0.25, 0.3) is 0 Å². The van der Waals surface area contributed by atoms with Gasteiger partial charge in [-0.2, -0.15) is 4.98 Å². The van der Waals surface area contributed by atoms with E-state index in [1.165, 1.54) is 5.56 Å². The number of hydrogen-bond donors (Lipinski definition) is 0. The molecule has 0 atom stereocenters. The second-order valence-corrected chi connectivity index (χ2v) is 5.21. The average Bonchev–Trinajstić information content (AvgIpc) is 2.83. The van der Waals surface area contributed by atoms with Gasteiger partial charge >= 0.3 is 0 Å². The van der Waals surface area contributed by atoms with Gasteiger partial charge in [-0.3, -0.25) is 4.90 Å². The van der Waals surface area contributed by atoms with E-state index in [1.54, 1.807) is 13.3 Å². The van der Waals surface area contributed by atoms with Crippen molar-refractivity contribution in [2.24, 2.45) is 0 Å². The Balaban J connectivity index is 1.80. The lowest BCUT2D eigenvalue weighted by Gasteiger charge is -2.29. The van der Waals surface area contributed by atoms with Gasteiger partial charge in [-0.15, -0.1) is 0 Å². The largest absolute Gasteiger partial charge is 0.362 e. The summed E-state index contributed by atoms with van der Waals surface area (Å²) in [5.74, 6) is 2.33. The Morgan fingerprint density at radius 1 is 1.35 bits per heavy atom. The fraction of sp³-hybridized carbons (Fsp3) is 0.538. The molecule has 2 aromatic rings. The SMILES string of the molecule is Cc1nc(CN2CCc3ncnc(N(C)C)c3C2)no1. The van der Waals surface area contributed by atoms with Gasteiger partial charge in [0.1, 0.15) is 12.1 Å². The summed E-state index contributed by atoms with van der Waals surface area (Å²) in [5, 5.41) is 3.95. The average molecular weight is 274 g/mol.